The number of benzene rings is 1. The van der Waals surface area contributed by atoms with E-state index in [1.165, 1.54) is 7.11 Å². The molecule has 1 aliphatic rings. The van der Waals surface area contributed by atoms with E-state index in [2.05, 4.69) is 0 Å². The number of carboxylic acids is 1. The van der Waals surface area contributed by atoms with Crippen molar-refractivity contribution in [3.63, 3.8) is 0 Å². The van der Waals surface area contributed by atoms with Gasteiger partial charge in [-0.3, -0.25) is 4.79 Å². The van der Waals surface area contributed by atoms with Gasteiger partial charge >= 0.3 is 5.97 Å². The molecular weight excluding hydrogens is 294 g/mol. The van der Waals surface area contributed by atoms with Crippen LogP contribution in [0.5, 0.6) is 5.75 Å². The number of carbonyl (C=O) groups is 1. The molecule has 1 unspecified atom stereocenters. The molecule has 0 spiro atoms. The summed E-state index contributed by atoms with van der Waals surface area (Å²) in [5.41, 5.74) is 0.563. The molecule has 0 radical (unpaired) electrons. The molecule has 0 amide bonds. The Morgan fingerprint density at radius 2 is 2.19 bits per heavy atom. The van der Waals surface area contributed by atoms with Crippen LogP contribution in [0.4, 0.5) is 0 Å². The van der Waals surface area contributed by atoms with Gasteiger partial charge in [-0.25, -0.2) is 8.42 Å². The van der Waals surface area contributed by atoms with E-state index in [-0.39, 0.29) is 18.7 Å². The number of methoxy groups -OCH3 is 1. The second kappa shape index (κ2) is 6.28. The third-order valence-corrected chi connectivity index (χ3v) is 5.10. The van der Waals surface area contributed by atoms with Crippen LogP contribution in [0.2, 0.25) is 0 Å². The van der Waals surface area contributed by atoms with Crippen LogP contribution in [-0.4, -0.2) is 43.5 Å². The number of hydrogen-bond acceptors (Lipinski definition) is 4. The van der Waals surface area contributed by atoms with Crippen LogP contribution in [0.15, 0.2) is 36.4 Å². The summed E-state index contributed by atoms with van der Waals surface area (Å²) in [7, 11) is -2.21. The van der Waals surface area contributed by atoms with E-state index in [1.54, 1.807) is 36.4 Å². The van der Waals surface area contributed by atoms with Gasteiger partial charge in [0.2, 0.25) is 10.0 Å². The van der Waals surface area contributed by atoms with E-state index >= 15 is 0 Å². The smallest absolute Gasteiger partial charge is 0.322 e. The van der Waals surface area contributed by atoms with Crippen LogP contribution in [-0.2, 0) is 20.6 Å². The lowest BCUT2D eigenvalue weighted by molar-refractivity contribution is -0.141. The zero-order valence-electron chi connectivity index (χ0n) is 11.6. The molecule has 114 valence electrons. The lowest BCUT2D eigenvalue weighted by Crippen LogP contribution is -2.46. The van der Waals surface area contributed by atoms with Crippen molar-refractivity contribution in [1.29, 1.82) is 0 Å². The van der Waals surface area contributed by atoms with Crippen LogP contribution >= 0.6 is 0 Å². The molecule has 1 aromatic carbocycles. The molecule has 0 fully saturated rings. The van der Waals surface area contributed by atoms with Crippen molar-refractivity contribution in [1.82, 2.24) is 4.31 Å². The van der Waals surface area contributed by atoms with Gasteiger partial charge in [0.25, 0.3) is 0 Å². The summed E-state index contributed by atoms with van der Waals surface area (Å²) in [4.78, 5) is 11.2. The molecule has 1 N–H and O–H groups in total. The summed E-state index contributed by atoms with van der Waals surface area (Å²) in [6, 6.07) is 5.70. The van der Waals surface area contributed by atoms with Crippen LogP contribution in [0.3, 0.4) is 0 Å². The van der Waals surface area contributed by atoms with Gasteiger partial charge in [-0.2, -0.15) is 4.31 Å². The van der Waals surface area contributed by atoms with E-state index in [0.717, 1.165) is 4.31 Å². The van der Waals surface area contributed by atoms with Crippen LogP contribution in [0, 0.1) is 0 Å². The highest BCUT2D eigenvalue weighted by Gasteiger charge is 2.35. The van der Waals surface area contributed by atoms with Crippen LogP contribution in [0.1, 0.15) is 12.0 Å². The first-order valence-electron chi connectivity index (χ1n) is 6.44. The summed E-state index contributed by atoms with van der Waals surface area (Å²) in [6.45, 7) is 0.0866. The number of ether oxygens (including phenoxy) is 1. The number of sulfonamides is 1. The first kappa shape index (κ1) is 15.5. The first-order chi connectivity index (χ1) is 9.94. The molecular formula is C14H17NO5S. The Bertz CT molecular complexity index is 653. The topological polar surface area (TPSA) is 83.9 Å². The normalized spacial score (nSPS) is 19.4. The minimum atomic E-state index is -3.71. The van der Waals surface area contributed by atoms with Gasteiger partial charge < -0.3 is 9.84 Å². The molecule has 0 saturated carbocycles. The summed E-state index contributed by atoms with van der Waals surface area (Å²) in [5.74, 6) is -0.813. The maximum absolute atomic E-state index is 12.5. The molecule has 0 saturated heterocycles. The van der Waals surface area contributed by atoms with E-state index in [9.17, 15) is 13.2 Å². The maximum Gasteiger partial charge on any atom is 0.322 e. The van der Waals surface area contributed by atoms with Crippen molar-refractivity contribution in [2.45, 2.75) is 18.2 Å². The fourth-order valence-corrected chi connectivity index (χ4v) is 3.88. The van der Waals surface area contributed by atoms with Crippen molar-refractivity contribution in [2.75, 3.05) is 13.7 Å². The van der Waals surface area contributed by atoms with E-state index < -0.39 is 22.0 Å². The Hall–Kier alpha value is -1.86. The number of hydrogen-bond donors (Lipinski definition) is 1. The Kier molecular flexibility index (Phi) is 4.64. The van der Waals surface area contributed by atoms with Gasteiger partial charge in [0.05, 0.1) is 12.9 Å². The average molecular weight is 311 g/mol. The minimum Gasteiger partial charge on any atom is -0.497 e. The molecule has 7 heteroatoms. The third kappa shape index (κ3) is 3.62. The Morgan fingerprint density at radius 1 is 1.43 bits per heavy atom. The van der Waals surface area contributed by atoms with Gasteiger partial charge in [0.15, 0.2) is 0 Å². The third-order valence-electron chi connectivity index (χ3n) is 3.28. The Balaban J connectivity index is 2.24. The predicted octanol–water partition coefficient (Wildman–Crippen LogP) is 1.24. The molecule has 6 nitrogen and oxygen atoms in total. The average Bonchev–Trinajstić information content (AvgIpc) is 2.47. The van der Waals surface area contributed by atoms with Crippen molar-refractivity contribution in [2.24, 2.45) is 0 Å². The first-order valence-corrected chi connectivity index (χ1v) is 8.05. The van der Waals surface area contributed by atoms with Crippen molar-refractivity contribution in [3.05, 3.63) is 42.0 Å². The number of carboxylic acid groups (broad SMARTS) is 1. The second-order valence-electron chi connectivity index (χ2n) is 4.74. The zero-order chi connectivity index (χ0) is 15.5. The lowest BCUT2D eigenvalue weighted by atomic mass is 10.1. The van der Waals surface area contributed by atoms with E-state index in [4.69, 9.17) is 9.84 Å². The minimum absolute atomic E-state index is 0.0866. The standard InChI is InChI=1S/C14H17NO5S/c1-20-12-6-4-5-11(9-12)10-21(18,19)15-8-3-2-7-13(15)14(16)17/h2-6,9,13H,7-8,10H2,1H3,(H,16,17). The molecule has 2 rings (SSSR count). The lowest BCUT2D eigenvalue weighted by Gasteiger charge is -2.29. The monoisotopic (exact) mass is 311 g/mol. The fraction of sp³-hybridized carbons (Fsp3) is 0.357. The number of aliphatic carboxylic acids is 1. The fourth-order valence-electron chi connectivity index (χ4n) is 2.24. The number of rotatable bonds is 5. The van der Waals surface area contributed by atoms with Gasteiger partial charge in [0, 0.05) is 6.54 Å². The summed E-state index contributed by atoms with van der Waals surface area (Å²) in [5, 5.41) is 9.16. The maximum atomic E-state index is 12.5. The van der Waals surface area contributed by atoms with Gasteiger partial charge in [-0.1, -0.05) is 24.3 Å². The second-order valence-corrected chi connectivity index (χ2v) is 6.66. The molecule has 1 atom stereocenters. The van der Waals surface area contributed by atoms with Gasteiger partial charge in [0.1, 0.15) is 11.8 Å². The highest BCUT2D eigenvalue weighted by Crippen LogP contribution is 2.21. The van der Waals surface area contributed by atoms with Crippen LogP contribution in [0.25, 0.3) is 0 Å². The molecule has 0 bridgehead atoms. The molecule has 1 heterocycles. The molecule has 21 heavy (non-hydrogen) atoms. The predicted molar refractivity (Wildman–Crippen MR) is 77.5 cm³/mol. The van der Waals surface area contributed by atoms with Crippen molar-refractivity contribution < 1.29 is 23.1 Å². The molecule has 0 aromatic heterocycles. The van der Waals surface area contributed by atoms with Gasteiger partial charge in [-0.05, 0) is 24.1 Å². The summed E-state index contributed by atoms with van der Waals surface area (Å²) < 4.78 is 31.0. The zero-order valence-corrected chi connectivity index (χ0v) is 12.4. The van der Waals surface area contributed by atoms with Crippen LogP contribution < -0.4 is 4.74 Å². The van der Waals surface area contributed by atoms with Gasteiger partial charge in [-0.15, -0.1) is 0 Å². The molecule has 0 aliphatic carbocycles. The quantitative estimate of drug-likeness (QED) is 0.827. The largest absolute Gasteiger partial charge is 0.497 e. The summed E-state index contributed by atoms with van der Waals surface area (Å²) >= 11 is 0. The Morgan fingerprint density at radius 3 is 2.86 bits per heavy atom. The highest BCUT2D eigenvalue weighted by molar-refractivity contribution is 7.88. The highest BCUT2D eigenvalue weighted by atomic mass is 32.2. The van der Waals surface area contributed by atoms with Crippen molar-refractivity contribution in [3.8, 4) is 5.75 Å². The SMILES string of the molecule is COc1cccc(CS(=O)(=O)N2CC=CCC2C(=O)O)c1. The Labute approximate surface area is 123 Å². The molecule has 1 aliphatic heterocycles. The van der Waals surface area contributed by atoms with Crippen molar-refractivity contribution >= 4 is 16.0 Å². The van der Waals surface area contributed by atoms with E-state index in [0.29, 0.717) is 11.3 Å². The summed E-state index contributed by atoms with van der Waals surface area (Å²) in [6.07, 6.45) is 3.55. The van der Waals surface area contributed by atoms with E-state index in [1.807, 2.05) is 0 Å². The molecule has 1 aromatic rings. The number of nitrogens with zero attached hydrogens (tertiary/aromatic N) is 1.